The van der Waals surface area contributed by atoms with E-state index in [4.69, 9.17) is 10.5 Å². The first-order valence-corrected chi connectivity index (χ1v) is 7.16. The van der Waals surface area contributed by atoms with Gasteiger partial charge in [-0.1, -0.05) is 28.1 Å². The van der Waals surface area contributed by atoms with Crippen molar-refractivity contribution in [3.8, 4) is 0 Å². The Morgan fingerprint density at radius 3 is 2.90 bits per heavy atom. The van der Waals surface area contributed by atoms with Crippen LogP contribution in [0.3, 0.4) is 0 Å². The number of aromatic nitrogens is 2. The number of benzene rings is 1. The minimum atomic E-state index is 0.368. The molecule has 0 aliphatic heterocycles. The second kappa shape index (κ2) is 7.21. The molecule has 0 spiro atoms. The minimum absolute atomic E-state index is 0.368. The number of ether oxygens (including phenoxy) is 1. The highest BCUT2D eigenvalue weighted by Gasteiger charge is 2.03. The number of halogens is 1. The molecule has 0 bridgehead atoms. The highest BCUT2D eigenvalue weighted by Crippen LogP contribution is 2.14. The van der Waals surface area contributed by atoms with Crippen LogP contribution in [0.15, 0.2) is 34.8 Å². The first-order chi connectivity index (χ1) is 9.67. The van der Waals surface area contributed by atoms with Crippen LogP contribution in [0.4, 0.5) is 11.6 Å². The highest BCUT2D eigenvalue weighted by atomic mass is 79.9. The Kier molecular flexibility index (Phi) is 5.31. The van der Waals surface area contributed by atoms with Gasteiger partial charge in [0.25, 0.3) is 0 Å². The summed E-state index contributed by atoms with van der Waals surface area (Å²) < 4.78 is 6.35. The summed E-state index contributed by atoms with van der Waals surface area (Å²) in [6, 6.07) is 9.80. The first-order valence-electron chi connectivity index (χ1n) is 6.37. The monoisotopic (exact) mass is 336 g/mol. The molecule has 1 aromatic carbocycles. The summed E-state index contributed by atoms with van der Waals surface area (Å²) in [5.41, 5.74) is 6.93. The predicted molar refractivity (Wildman–Crippen MR) is 83.2 cm³/mol. The summed E-state index contributed by atoms with van der Waals surface area (Å²) in [4.78, 5) is 8.50. The number of nitrogens with two attached hydrogens (primary N) is 1. The summed E-state index contributed by atoms with van der Waals surface area (Å²) in [5.74, 6) is 1.72. The predicted octanol–water partition coefficient (Wildman–Crippen LogP) is 2.97. The van der Waals surface area contributed by atoms with Crippen LogP contribution in [0.1, 0.15) is 18.3 Å². The maximum Gasteiger partial charge on any atom is 0.158 e. The van der Waals surface area contributed by atoms with E-state index in [1.54, 1.807) is 6.07 Å². The molecule has 0 saturated heterocycles. The lowest BCUT2D eigenvalue weighted by Gasteiger charge is -2.09. The van der Waals surface area contributed by atoms with Crippen molar-refractivity contribution in [3.05, 3.63) is 46.2 Å². The Balaban J connectivity index is 2.03. The van der Waals surface area contributed by atoms with Gasteiger partial charge in [-0.05, 0) is 24.6 Å². The van der Waals surface area contributed by atoms with Crippen molar-refractivity contribution in [2.75, 3.05) is 17.7 Å². The number of hydrogen-bond acceptors (Lipinski definition) is 5. The molecule has 0 unspecified atom stereocenters. The van der Waals surface area contributed by atoms with Crippen LogP contribution < -0.4 is 11.1 Å². The third kappa shape index (κ3) is 4.47. The Bertz CT molecular complexity index is 577. The first kappa shape index (κ1) is 14.7. The second-order valence-electron chi connectivity index (χ2n) is 4.21. The SMILES string of the molecule is CCOCc1nc(N)cc(NCc2cccc(Br)c2)n1. The van der Waals surface area contributed by atoms with Crippen molar-refractivity contribution in [2.24, 2.45) is 0 Å². The third-order valence-electron chi connectivity index (χ3n) is 2.59. The molecule has 3 N–H and O–H groups in total. The van der Waals surface area contributed by atoms with Gasteiger partial charge in [-0.3, -0.25) is 0 Å². The molecule has 0 aliphatic rings. The van der Waals surface area contributed by atoms with Gasteiger partial charge in [0, 0.05) is 23.7 Å². The van der Waals surface area contributed by atoms with Crippen LogP contribution in [0.25, 0.3) is 0 Å². The van der Waals surface area contributed by atoms with Gasteiger partial charge in [-0.25, -0.2) is 9.97 Å². The fourth-order valence-electron chi connectivity index (χ4n) is 1.71. The maximum absolute atomic E-state index is 5.77. The highest BCUT2D eigenvalue weighted by molar-refractivity contribution is 9.10. The number of rotatable bonds is 6. The van der Waals surface area contributed by atoms with Gasteiger partial charge in [0.15, 0.2) is 5.82 Å². The molecule has 5 nitrogen and oxygen atoms in total. The molecule has 1 aromatic heterocycles. The topological polar surface area (TPSA) is 73.1 Å². The zero-order valence-electron chi connectivity index (χ0n) is 11.3. The Morgan fingerprint density at radius 1 is 1.30 bits per heavy atom. The summed E-state index contributed by atoms with van der Waals surface area (Å²) in [6.45, 7) is 3.59. The largest absolute Gasteiger partial charge is 0.384 e. The number of nitrogens with zero attached hydrogens (tertiary/aromatic N) is 2. The minimum Gasteiger partial charge on any atom is -0.384 e. The second-order valence-corrected chi connectivity index (χ2v) is 5.13. The van der Waals surface area contributed by atoms with E-state index in [9.17, 15) is 0 Å². The summed E-state index contributed by atoms with van der Waals surface area (Å²) >= 11 is 3.45. The number of nitrogens with one attached hydrogen (secondary N) is 1. The number of anilines is 2. The van der Waals surface area contributed by atoms with Gasteiger partial charge in [0.05, 0.1) is 0 Å². The zero-order chi connectivity index (χ0) is 14.4. The van der Waals surface area contributed by atoms with Crippen LogP contribution >= 0.6 is 15.9 Å². The van der Waals surface area contributed by atoms with E-state index in [2.05, 4.69) is 37.3 Å². The number of nitrogen functional groups attached to an aromatic ring is 1. The van der Waals surface area contributed by atoms with E-state index in [1.807, 2.05) is 25.1 Å². The standard InChI is InChI=1S/C14H17BrN4O/c1-2-20-9-14-18-12(16)7-13(19-14)17-8-10-4-3-5-11(15)6-10/h3-7H,2,8-9H2,1H3,(H3,16,17,18,19). The van der Waals surface area contributed by atoms with Crippen molar-refractivity contribution in [1.82, 2.24) is 9.97 Å². The van der Waals surface area contributed by atoms with Crippen molar-refractivity contribution in [2.45, 2.75) is 20.1 Å². The molecular formula is C14H17BrN4O. The lowest BCUT2D eigenvalue weighted by Crippen LogP contribution is -2.07. The van der Waals surface area contributed by atoms with Crippen molar-refractivity contribution in [1.29, 1.82) is 0 Å². The lowest BCUT2D eigenvalue weighted by atomic mass is 10.2. The quantitative estimate of drug-likeness (QED) is 0.848. The summed E-state index contributed by atoms with van der Waals surface area (Å²) in [7, 11) is 0. The molecule has 0 amide bonds. The molecule has 0 aliphatic carbocycles. The van der Waals surface area contributed by atoms with Crippen LogP contribution in [-0.2, 0) is 17.9 Å². The molecular weight excluding hydrogens is 320 g/mol. The molecule has 2 rings (SSSR count). The molecule has 106 valence electrons. The average molecular weight is 337 g/mol. The Morgan fingerprint density at radius 2 is 2.15 bits per heavy atom. The molecule has 2 aromatic rings. The van der Waals surface area contributed by atoms with Gasteiger partial charge in [0.2, 0.25) is 0 Å². The van der Waals surface area contributed by atoms with Gasteiger partial charge in [0.1, 0.15) is 18.2 Å². The lowest BCUT2D eigenvalue weighted by molar-refractivity contribution is 0.128. The summed E-state index contributed by atoms with van der Waals surface area (Å²) in [5, 5.41) is 3.24. The van der Waals surface area contributed by atoms with Crippen molar-refractivity contribution in [3.63, 3.8) is 0 Å². The number of hydrogen-bond donors (Lipinski definition) is 2. The maximum atomic E-state index is 5.77. The Hall–Kier alpha value is -1.66. The van der Waals surface area contributed by atoms with E-state index in [0.717, 1.165) is 10.0 Å². The van der Waals surface area contributed by atoms with E-state index in [0.29, 0.717) is 37.2 Å². The van der Waals surface area contributed by atoms with Gasteiger partial charge < -0.3 is 15.8 Å². The normalized spacial score (nSPS) is 10.5. The summed E-state index contributed by atoms with van der Waals surface area (Å²) in [6.07, 6.45) is 0. The van der Waals surface area contributed by atoms with Gasteiger partial charge in [-0.2, -0.15) is 0 Å². The molecule has 0 radical (unpaired) electrons. The third-order valence-corrected chi connectivity index (χ3v) is 3.08. The van der Waals surface area contributed by atoms with Crippen molar-refractivity contribution >= 4 is 27.6 Å². The van der Waals surface area contributed by atoms with E-state index < -0.39 is 0 Å². The molecule has 0 atom stereocenters. The van der Waals surface area contributed by atoms with Crippen molar-refractivity contribution < 1.29 is 4.74 Å². The van der Waals surface area contributed by atoms with E-state index >= 15 is 0 Å². The van der Waals surface area contributed by atoms with Gasteiger partial charge in [-0.15, -0.1) is 0 Å². The fourth-order valence-corrected chi connectivity index (χ4v) is 2.15. The Labute approximate surface area is 126 Å². The van der Waals surface area contributed by atoms with Crippen LogP contribution in [0, 0.1) is 0 Å². The van der Waals surface area contributed by atoms with Crippen LogP contribution in [0.5, 0.6) is 0 Å². The molecule has 0 saturated carbocycles. The molecule has 20 heavy (non-hydrogen) atoms. The smallest absolute Gasteiger partial charge is 0.158 e. The van der Waals surface area contributed by atoms with Crippen LogP contribution in [-0.4, -0.2) is 16.6 Å². The van der Waals surface area contributed by atoms with Crippen LogP contribution in [0.2, 0.25) is 0 Å². The fraction of sp³-hybridized carbons (Fsp3) is 0.286. The van der Waals surface area contributed by atoms with E-state index in [1.165, 1.54) is 0 Å². The van der Waals surface area contributed by atoms with Gasteiger partial charge >= 0.3 is 0 Å². The molecule has 0 fully saturated rings. The zero-order valence-corrected chi connectivity index (χ0v) is 12.9. The average Bonchev–Trinajstić information content (AvgIpc) is 2.42. The molecule has 1 heterocycles. The van der Waals surface area contributed by atoms with E-state index in [-0.39, 0.29) is 0 Å². The molecule has 6 heteroatoms.